The Bertz CT molecular complexity index is 431. The minimum atomic E-state index is -1.16. The fourth-order valence-electron chi connectivity index (χ4n) is 1.50. The zero-order valence-corrected chi connectivity index (χ0v) is 10.3. The normalized spacial score (nSPS) is 13.2. The van der Waals surface area contributed by atoms with Gasteiger partial charge in [0.25, 0.3) is 0 Å². The summed E-state index contributed by atoms with van der Waals surface area (Å²) in [5, 5.41) is 15.1. The number of carbonyl (C=O) groups excluding carboxylic acids is 1. The van der Waals surface area contributed by atoms with Crippen molar-refractivity contribution in [1.82, 2.24) is 5.16 Å². The third kappa shape index (κ3) is 3.30. The van der Waals surface area contributed by atoms with Gasteiger partial charge < -0.3 is 14.9 Å². The number of hydrogen-bond donors (Lipinski definition) is 2. The summed E-state index contributed by atoms with van der Waals surface area (Å²) in [6.45, 7) is 6.76. The van der Waals surface area contributed by atoms with Crippen molar-refractivity contribution in [2.75, 3.05) is 5.32 Å². The SMILES string of the molecule is Cc1cc(NC(=O)C(C(=O)O)C(C)(C)C)no1. The lowest BCUT2D eigenvalue weighted by atomic mass is 9.80. The second kappa shape index (κ2) is 4.57. The molecule has 1 aromatic rings. The highest BCUT2D eigenvalue weighted by atomic mass is 16.5. The van der Waals surface area contributed by atoms with Crippen molar-refractivity contribution < 1.29 is 19.2 Å². The molecule has 1 unspecified atom stereocenters. The van der Waals surface area contributed by atoms with Crippen LogP contribution in [0.15, 0.2) is 10.6 Å². The molecule has 0 bridgehead atoms. The highest BCUT2D eigenvalue weighted by molar-refractivity contribution is 6.04. The van der Waals surface area contributed by atoms with Crippen molar-refractivity contribution >= 4 is 17.7 Å². The molecule has 6 nitrogen and oxygen atoms in total. The molecule has 0 spiro atoms. The van der Waals surface area contributed by atoms with Crippen molar-refractivity contribution in [3.05, 3.63) is 11.8 Å². The molecule has 0 aliphatic carbocycles. The van der Waals surface area contributed by atoms with E-state index in [-0.39, 0.29) is 5.82 Å². The number of carboxylic acids is 1. The van der Waals surface area contributed by atoms with Gasteiger partial charge >= 0.3 is 5.97 Å². The number of carboxylic acid groups (broad SMARTS) is 1. The maximum Gasteiger partial charge on any atom is 0.316 e. The van der Waals surface area contributed by atoms with Gasteiger partial charge in [-0.3, -0.25) is 9.59 Å². The molecular weight excluding hydrogens is 224 g/mol. The molecule has 0 saturated carbocycles. The number of aryl methyl sites for hydroxylation is 1. The Balaban J connectivity index is 2.84. The van der Waals surface area contributed by atoms with Gasteiger partial charge in [-0.15, -0.1) is 0 Å². The lowest BCUT2D eigenvalue weighted by molar-refractivity contribution is -0.149. The summed E-state index contributed by atoms with van der Waals surface area (Å²) in [6, 6.07) is 1.53. The monoisotopic (exact) mass is 240 g/mol. The van der Waals surface area contributed by atoms with E-state index in [0.29, 0.717) is 5.76 Å². The van der Waals surface area contributed by atoms with E-state index >= 15 is 0 Å². The Kier molecular flexibility index (Phi) is 3.55. The smallest absolute Gasteiger partial charge is 0.316 e. The lowest BCUT2D eigenvalue weighted by Crippen LogP contribution is -2.39. The van der Waals surface area contributed by atoms with Gasteiger partial charge in [0.1, 0.15) is 11.7 Å². The average Bonchev–Trinajstić information content (AvgIpc) is 2.46. The topological polar surface area (TPSA) is 92.4 Å². The standard InChI is InChI=1S/C11H16N2O4/c1-6-5-7(13-17-6)12-9(14)8(10(15)16)11(2,3)4/h5,8H,1-4H3,(H,15,16)(H,12,13,14). The predicted molar refractivity (Wildman–Crippen MR) is 60.5 cm³/mol. The van der Waals surface area contributed by atoms with E-state index in [2.05, 4.69) is 10.5 Å². The van der Waals surface area contributed by atoms with Crippen LogP contribution in [0.4, 0.5) is 5.82 Å². The molecule has 1 aromatic heterocycles. The minimum absolute atomic E-state index is 0.225. The summed E-state index contributed by atoms with van der Waals surface area (Å²) >= 11 is 0. The summed E-state index contributed by atoms with van der Waals surface area (Å²) in [7, 11) is 0. The van der Waals surface area contributed by atoms with Gasteiger partial charge in [0.05, 0.1) is 0 Å². The van der Waals surface area contributed by atoms with Crippen LogP contribution in [0, 0.1) is 18.3 Å². The Morgan fingerprint density at radius 2 is 2.06 bits per heavy atom. The van der Waals surface area contributed by atoms with Crippen LogP contribution < -0.4 is 5.32 Å². The van der Waals surface area contributed by atoms with E-state index in [4.69, 9.17) is 9.63 Å². The number of aromatic nitrogens is 1. The second-order valence-electron chi connectivity index (χ2n) is 4.95. The third-order valence-corrected chi connectivity index (χ3v) is 2.25. The Morgan fingerprint density at radius 3 is 2.41 bits per heavy atom. The van der Waals surface area contributed by atoms with Crippen molar-refractivity contribution in [2.24, 2.45) is 11.3 Å². The molecule has 0 aromatic carbocycles. The van der Waals surface area contributed by atoms with Crippen molar-refractivity contribution in [3.63, 3.8) is 0 Å². The molecule has 0 radical (unpaired) electrons. The molecule has 6 heteroatoms. The number of rotatable bonds is 3. The quantitative estimate of drug-likeness (QED) is 0.784. The molecular formula is C11H16N2O4. The Labute approximate surface area is 99.0 Å². The largest absolute Gasteiger partial charge is 0.481 e. The maximum absolute atomic E-state index is 11.8. The molecule has 2 N–H and O–H groups in total. The molecule has 0 aliphatic heterocycles. The van der Waals surface area contributed by atoms with E-state index < -0.39 is 23.2 Å². The minimum Gasteiger partial charge on any atom is -0.481 e. The summed E-state index contributed by atoms with van der Waals surface area (Å²) in [5.74, 6) is -2.13. The van der Waals surface area contributed by atoms with Gasteiger partial charge in [-0.05, 0) is 12.3 Å². The van der Waals surface area contributed by atoms with Crippen molar-refractivity contribution in [3.8, 4) is 0 Å². The molecule has 17 heavy (non-hydrogen) atoms. The molecule has 1 amide bonds. The first-order valence-electron chi connectivity index (χ1n) is 5.19. The van der Waals surface area contributed by atoms with Gasteiger partial charge in [-0.1, -0.05) is 25.9 Å². The van der Waals surface area contributed by atoms with Crippen LogP contribution in [-0.4, -0.2) is 22.1 Å². The number of anilines is 1. The van der Waals surface area contributed by atoms with Gasteiger partial charge in [0.15, 0.2) is 5.82 Å². The van der Waals surface area contributed by atoms with Crippen LogP contribution in [-0.2, 0) is 9.59 Å². The van der Waals surface area contributed by atoms with E-state index in [1.54, 1.807) is 27.7 Å². The molecule has 1 heterocycles. The van der Waals surface area contributed by atoms with E-state index in [9.17, 15) is 9.59 Å². The first kappa shape index (κ1) is 13.2. The zero-order chi connectivity index (χ0) is 13.2. The first-order chi connectivity index (χ1) is 7.71. The summed E-state index contributed by atoms with van der Waals surface area (Å²) in [6.07, 6.45) is 0. The van der Waals surface area contributed by atoms with Gasteiger partial charge in [-0.25, -0.2) is 0 Å². The number of nitrogens with zero attached hydrogens (tertiary/aromatic N) is 1. The van der Waals surface area contributed by atoms with Crippen LogP contribution >= 0.6 is 0 Å². The van der Waals surface area contributed by atoms with Crippen LogP contribution in [0.25, 0.3) is 0 Å². The summed E-state index contributed by atoms with van der Waals surface area (Å²) in [4.78, 5) is 22.9. The zero-order valence-electron chi connectivity index (χ0n) is 10.3. The predicted octanol–water partition coefficient (Wildman–Crippen LogP) is 1.67. The van der Waals surface area contributed by atoms with Gasteiger partial charge in [0, 0.05) is 6.07 Å². The van der Waals surface area contributed by atoms with Crippen LogP contribution in [0.1, 0.15) is 26.5 Å². The van der Waals surface area contributed by atoms with Gasteiger partial charge in [-0.2, -0.15) is 0 Å². The molecule has 1 rings (SSSR count). The third-order valence-electron chi connectivity index (χ3n) is 2.25. The number of nitrogens with one attached hydrogen (secondary N) is 1. The number of amides is 1. The Hall–Kier alpha value is -1.85. The van der Waals surface area contributed by atoms with E-state index in [1.165, 1.54) is 6.07 Å². The fourth-order valence-corrected chi connectivity index (χ4v) is 1.50. The van der Waals surface area contributed by atoms with Gasteiger partial charge in [0.2, 0.25) is 5.91 Å². The second-order valence-corrected chi connectivity index (χ2v) is 4.95. The first-order valence-corrected chi connectivity index (χ1v) is 5.19. The van der Waals surface area contributed by atoms with Crippen molar-refractivity contribution in [2.45, 2.75) is 27.7 Å². The highest BCUT2D eigenvalue weighted by Crippen LogP contribution is 2.27. The molecule has 0 saturated heterocycles. The lowest BCUT2D eigenvalue weighted by Gasteiger charge is -2.25. The van der Waals surface area contributed by atoms with Crippen LogP contribution in [0.3, 0.4) is 0 Å². The molecule has 94 valence electrons. The summed E-state index contributed by atoms with van der Waals surface area (Å²) in [5.41, 5.74) is -0.672. The molecule has 0 aliphatic rings. The number of aliphatic carboxylic acids is 1. The Morgan fingerprint density at radius 1 is 1.47 bits per heavy atom. The molecule has 0 fully saturated rings. The highest BCUT2D eigenvalue weighted by Gasteiger charge is 2.37. The van der Waals surface area contributed by atoms with Crippen LogP contribution in [0.5, 0.6) is 0 Å². The number of hydrogen-bond acceptors (Lipinski definition) is 4. The van der Waals surface area contributed by atoms with Crippen LogP contribution in [0.2, 0.25) is 0 Å². The number of carbonyl (C=O) groups is 2. The van der Waals surface area contributed by atoms with Crippen molar-refractivity contribution in [1.29, 1.82) is 0 Å². The fraction of sp³-hybridized carbons (Fsp3) is 0.545. The average molecular weight is 240 g/mol. The summed E-state index contributed by atoms with van der Waals surface area (Å²) < 4.78 is 4.78. The maximum atomic E-state index is 11.8. The molecule has 1 atom stereocenters. The van der Waals surface area contributed by atoms with E-state index in [0.717, 1.165) is 0 Å². The van der Waals surface area contributed by atoms with E-state index in [1.807, 2.05) is 0 Å².